The summed E-state index contributed by atoms with van der Waals surface area (Å²) in [5, 5.41) is 26.1. The molecule has 0 bridgehead atoms. The van der Waals surface area contributed by atoms with Gasteiger partial charge in [-0.25, -0.2) is 0 Å². The van der Waals surface area contributed by atoms with Crippen molar-refractivity contribution in [2.75, 3.05) is 5.32 Å². The average molecular weight is 295 g/mol. The van der Waals surface area contributed by atoms with Crippen molar-refractivity contribution in [3.05, 3.63) is 48.2 Å². The van der Waals surface area contributed by atoms with Crippen LogP contribution in [0.4, 0.5) is 5.69 Å². The van der Waals surface area contributed by atoms with E-state index in [1.807, 2.05) is 32.0 Å². The predicted molar refractivity (Wildman–Crippen MR) is 86.2 cm³/mol. The topological polar surface area (TPSA) is 85.2 Å². The number of benzene rings is 2. The monoisotopic (exact) mass is 295 g/mol. The first kappa shape index (κ1) is 15.4. The van der Waals surface area contributed by atoms with E-state index in [1.165, 1.54) is 6.20 Å². The maximum atomic E-state index is 11.8. The van der Waals surface area contributed by atoms with Crippen molar-refractivity contribution in [2.24, 2.45) is 0 Å². The van der Waals surface area contributed by atoms with Gasteiger partial charge in [-0.3, -0.25) is 4.79 Å². The average Bonchev–Trinajstić information content (AvgIpc) is 2.48. The molecule has 0 aliphatic rings. The fraction of sp³-hybridized carbons (Fsp3) is 0.176. The second kappa shape index (κ2) is 6.64. The molecule has 0 spiro atoms. The fourth-order valence-electron chi connectivity index (χ4n) is 2.06. The number of aromatic hydroxyl groups is 1. The number of nitrogens with zero attached hydrogens (tertiary/aromatic N) is 1. The third-order valence-corrected chi connectivity index (χ3v) is 3.06. The molecule has 2 rings (SSSR count). The van der Waals surface area contributed by atoms with Crippen LogP contribution in [-0.2, 0) is 4.79 Å². The molecule has 1 amide bonds. The van der Waals surface area contributed by atoms with Gasteiger partial charge in [0, 0.05) is 28.7 Å². The lowest BCUT2D eigenvalue weighted by molar-refractivity contribution is -0.117. The van der Waals surface area contributed by atoms with E-state index in [0.29, 0.717) is 11.1 Å². The normalized spacial score (nSPS) is 11.3. The molecule has 0 fully saturated rings. The Morgan fingerprint density at radius 2 is 1.91 bits per heavy atom. The van der Waals surface area contributed by atoms with E-state index in [-0.39, 0.29) is 17.4 Å². The smallest absolute Gasteiger partial charge is 0.263 e. The Bertz CT molecular complexity index is 773. The second-order valence-electron chi connectivity index (χ2n) is 5.12. The summed E-state index contributed by atoms with van der Waals surface area (Å²) in [6.45, 7) is 3.65. The van der Waals surface area contributed by atoms with Crippen LogP contribution in [0.1, 0.15) is 13.8 Å². The molecule has 0 unspecified atom stereocenters. The first-order chi connectivity index (χ1) is 10.5. The lowest BCUT2D eigenvalue weighted by atomic mass is 10.1. The molecule has 2 aromatic rings. The molecule has 0 aliphatic carbocycles. The van der Waals surface area contributed by atoms with Crippen molar-refractivity contribution in [2.45, 2.75) is 19.9 Å². The largest absolute Gasteiger partial charge is 0.507 e. The minimum absolute atomic E-state index is 0.00847. The highest BCUT2D eigenvalue weighted by atomic mass is 16.3. The van der Waals surface area contributed by atoms with E-state index in [1.54, 1.807) is 24.3 Å². The summed E-state index contributed by atoms with van der Waals surface area (Å²) in [6, 6.07) is 12.4. The number of fused-ring (bicyclic) bond motifs is 1. The maximum absolute atomic E-state index is 11.8. The first-order valence-corrected chi connectivity index (χ1v) is 6.91. The Balaban J connectivity index is 2.31. The number of carbonyl (C=O) groups is 1. The zero-order chi connectivity index (χ0) is 16.1. The lowest BCUT2D eigenvalue weighted by Gasteiger charge is -2.09. The summed E-state index contributed by atoms with van der Waals surface area (Å²) in [5.74, 6) is -0.240. The zero-order valence-corrected chi connectivity index (χ0v) is 12.4. The number of amides is 1. The van der Waals surface area contributed by atoms with Crippen LogP contribution in [0.3, 0.4) is 0 Å². The van der Waals surface area contributed by atoms with Crippen molar-refractivity contribution < 1.29 is 9.90 Å². The third-order valence-electron chi connectivity index (χ3n) is 3.06. The van der Waals surface area contributed by atoms with Crippen LogP contribution in [0.5, 0.6) is 5.75 Å². The van der Waals surface area contributed by atoms with E-state index < -0.39 is 5.91 Å². The van der Waals surface area contributed by atoms with Gasteiger partial charge in [-0.2, -0.15) is 5.26 Å². The molecular weight excluding hydrogens is 278 g/mol. The zero-order valence-electron chi connectivity index (χ0n) is 12.4. The van der Waals surface area contributed by atoms with Gasteiger partial charge in [-0.05, 0) is 26.0 Å². The molecule has 0 atom stereocenters. The van der Waals surface area contributed by atoms with Crippen LogP contribution < -0.4 is 10.6 Å². The van der Waals surface area contributed by atoms with Crippen LogP contribution in [0.15, 0.2) is 48.2 Å². The van der Waals surface area contributed by atoms with Gasteiger partial charge < -0.3 is 15.7 Å². The van der Waals surface area contributed by atoms with Gasteiger partial charge in [-0.15, -0.1) is 0 Å². The fourth-order valence-corrected chi connectivity index (χ4v) is 2.06. The summed E-state index contributed by atoms with van der Waals surface area (Å²) in [6.07, 6.45) is 1.37. The molecule has 0 aromatic heterocycles. The van der Waals surface area contributed by atoms with Crippen molar-refractivity contribution >= 4 is 22.4 Å². The molecule has 5 heteroatoms. The molecule has 0 radical (unpaired) electrons. The van der Waals surface area contributed by atoms with Crippen LogP contribution in [0.25, 0.3) is 10.8 Å². The van der Waals surface area contributed by atoms with Crippen LogP contribution in [0, 0.1) is 11.3 Å². The molecular formula is C17H17N3O2. The quantitative estimate of drug-likeness (QED) is 0.598. The molecule has 0 heterocycles. The third kappa shape index (κ3) is 3.36. The Hall–Kier alpha value is -3.00. The summed E-state index contributed by atoms with van der Waals surface area (Å²) in [4.78, 5) is 11.8. The van der Waals surface area contributed by atoms with Gasteiger partial charge in [0.15, 0.2) is 0 Å². The summed E-state index contributed by atoms with van der Waals surface area (Å²) in [5.41, 5.74) is 0.698. The van der Waals surface area contributed by atoms with Gasteiger partial charge in [0.2, 0.25) is 0 Å². The number of phenolic OH excluding ortho intramolecular Hbond substituents is 1. The predicted octanol–water partition coefficient (Wildman–Crippen LogP) is 2.89. The Labute approximate surface area is 128 Å². The molecule has 0 aliphatic heterocycles. The van der Waals surface area contributed by atoms with Gasteiger partial charge in [0.05, 0.1) is 0 Å². The summed E-state index contributed by atoms with van der Waals surface area (Å²) >= 11 is 0. The Morgan fingerprint density at radius 3 is 2.59 bits per heavy atom. The van der Waals surface area contributed by atoms with E-state index in [2.05, 4.69) is 10.6 Å². The summed E-state index contributed by atoms with van der Waals surface area (Å²) < 4.78 is 0. The Kier molecular flexibility index (Phi) is 4.64. The minimum Gasteiger partial charge on any atom is -0.507 e. The number of nitriles is 1. The van der Waals surface area contributed by atoms with Crippen molar-refractivity contribution in [3.63, 3.8) is 0 Å². The highest BCUT2D eigenvalue weighted by Gasteiger charge is 2.10. The SMILES string of the molecule is CC(C)NC(=O)/C(C#N)=C\Nc1cccc2c(O)cccc12. The van der Waals surface area contributed by atoms with Crippen molar-refractivity contribution in [1.82, 2.24) is 5.32 Å². The number of carbonyl (C=O) groups excluding carboxylic acids is 1. The standard InChI is InChI=1S/C17H17N3O2/c1-11(2)20-17(22)12(9-18)10-19-15-7-3-6-14-13(15)5-4-8-16(14)21/h3-8,10-11,19,21H,1-2H3,(H,20,22)/b12-10-. The van der Waals surface area contributed by atoms with Crippen molar-refractivity contribution in [3.8, 4) is 11.8 Å². The van der Waals surface area contributed by atoms with E-state index in [9.17, 15) is 9.90 Å². The van der Waals surface area contributed by atoms with Crippen LogP contribution >= 0.6 is 0 Å². The molecule has 0 saturated carbocycles. The number of nitrogens with one attached hydrogen (secondary N) is 2. The van der Waals surface area contributed by atoms with E-state index in [4.69, 9.17) is 5.26 Å². The molecule has 112 valence electrons. The number of phenols is 1. The lowest BCUT2D eigenvalue weighted by Crippen LogP contribution is -2.31. The highest BCUT2D eigenvalue weighted by molar-refractivity contribution is 6.00. The summed E-state index contributed by atoms with van der Waals surface area (Å²) in [7, 11) is 0. The van der Waals surface area contributed by atoms with Crippen LogP contribution in [0.2, 0.25) is 0 Å². The van der Waals surface area contributed by atoms with Gasteiger partial charge >= 0.3 is 0 Å². The van der Waals surface area contributed by atoms with Gasteiger partial charge in [-0.1, -0.05) is 24.3 Å². The molecule has 3 N–H and O–H groups in total. The first-order valence-electron chi connectivity index (χ1n) is 6.91. The highest BCUT2D eigenvalue weighted by Crippen LogP contribution is 2.29. The number of rotatable bonds is 4. The number of anilines is 1. The number of hydrogen-bond donors (Lipinski definition) is 3. The maximum Gasteiger partial charge on any atom is 0.263 e. The minimum atomic E-state index is -0.423. The molecule has 2 aromatic carbocycles. The van der Waals surface area contributed by atoms with E-state index >= 15 is 0 Å². The van der Waals surface area contributed by atoms with Crippen LogP contribution in [-0.4, -0.2) is 17.1 Å². The van der Waals surface area contributed by atoms with Gasteiger partial charge in [0.25, 0.3) is 5.91 Å². The van der Waals surface area contributed by atoms with E-state index in [0.717, 1.165) is 5.39 Å². The van der Waals surface area contributed by atoms with Gasteiger partial charge in [0.1, 0.15) is 17.4 Å². The van der Waals surface area contributed by atoms with Crippen molar-refractivity contribution in [1.29, 1.82) is 5.26 Å². The number of hydrogen-bond acceptors (Lipinski definition) is 4. The second-order valence-corrected chi connectivity index (χ2v) is 5.12. The molecule has 5 nitrogen and oxygen atoms in total. The molecule has 0 saturated heterocycles. The Morgan fingerprint density at radius 1 is 1.23 bits per heavy atom. The molecule has 22 heavy (non-hydrogen) atoms.